The molecule has 0 radical (unpaired) electrons. The van der Waals surface area contributed by atoms with Gasteiger partial charge in [-0.3, -0.25) is 23.9 Å². The van der Waals surface area contributed by atoms with Crippen LogP contribution in [0.5, 0.6) is 5.75 Å². The van der Waals surface area contributed by atoms with Crippen molar-refractivity contribution in [2.75, 3.05) is 12.1 Å². The molecule has 0 atom stereocenters. The highest BCUT2D eigenvalue weighted by atomic mass is 16.5. The molecule has 2 aromatic carbocycles. The van der Waals surface area contributed by atoms with Gasteiger partial charge in [0.25, 0.3) is 5.56 Å². The van der Waals surface area contributed by atoms with E-state index in [0.717, 1.165) is 21.5 Å². The highest BCUT2D eigenvalue weighted by molar-refractivity contribution is 5.88. The number of benzene rings is 2. The summed E-state index contributed by atoms with van der Waals surface area (Å²) in [7, 11) is 4.69. The summed E-state index contributed by atoms with van der Waals surface area (Å²) in [6, 6.07) is 17.2. The number of hydrogen-bond donors (Lipinski definition) is 1. The number of hydrazine groups is 1. The van der Waals surface area contributed by atoms with E-state index in [0.29, 0.717) is 22.9 Å². The summed E-state index contributed by atoms with van der Waals surface area (Å²) in [5.41, 5.74) is 5.62. The maximum Gasteiger partial charge on any atom is 0.332 e. The molecule has 0 aliphatic carbocycles. The first kappa shape index (κ1) is 18.7. The number of nitrogens with one attached hydrogen (secondary N) is 1. The lowest BCUT2D eigenvalue weighted by molar-refractivity contribution is 0.414. The quantitative estimate of drug-likeness (QED) is 0.550. The second-order valence-corrected chi connectivity index (χ2v) is 7.22. The van der Waals surface area contributed by atoms with Gasteiger partial charge in [-0.15, -0.1) is 0 Å². The van der Waals surface area contributed by atoms with E-state index in [-0.39, 0.29) is 0 Å². The molecule has 1 aliphatic rings. The van der Waals surface area contributed by atoms with Crippen molar-refractivity contribution in [2.24, 2.45) is 14.1 Å². The number of hydrogen-bond acceptors (Lipinski definition) is 6. The zero-order valence-corrected chi connectivity index (χ0v) is 17.2. The minimum atomic E-state index is -0.427. The first-order chi connectivity index (χ1) is 15.0. The molecule has 0 saturated carbocycles. The molecule has 0 bridgehead atoms. The number of nitrogens with zero attached hydrogens (tertiary/aromatic N) is 5. The molecule has 2 aromatic heterocycles. The monoisotopic (exact) mass is 416 g/mol. The third-order valence-corrected chi connectivity index (χ3v) is 5.36. The number of anilines is 2. The molecule has 156 valence electrons. The van der Waals surface area contributed by atoms with Crippen LogP contribution < -0.4 is 26.4 Å². The molecule has 5 rings (SSSR count). The Bertz CT molecular complexity index is 1460. The maximum atomic E-state index is 13.0. The third kappa shape index (κ3) is 2.82. The average molecular weight is 416 g/mol. The topological polar surface area (TPSA) is 86.3 Å². The van der Waals surface area contributed by atoms with Crippen LogP contribution in [0.4, 0.5) is 11.6 Å². The first-order valence-corrected chi connectivity index (χ1v) is 9.65. The van der Waals surface area contributed by atoms with Crippen LogP contribution in [0, 0.1) is 0 Å². The fraction of sp³-hybridized carbons (Fsp3) is 0.136. The van der Waals surface area contributed by atoms with E-state index in [1.807, 2.05) is 60.8 Å². The summed E-state index contributed by atoms with van der Waals surface area (Å²) in [5, 5.41) is 1.79. The van der Waals surface area contributed by atoms with Gasteiger partial charge in [0.1, 0.15) is 5.75 Å². The van der Waals surface area contributed by atoms with Crippen LogP contribution in [0.15, 0.2) is 64.2 Å². The summed E-state index contributed by atoms with van der Waals surface area (Å²) >= 11 is 0. The van der Waals surface area contributed by atoms with E-state index < -0.39 is 11.2 Å². The molecule has 4 aromatic rings. The largest absolute Gasteiger partial charge is 0.497 e. The number of ether oxygens (including phenoxy) is 1. The van der Waals surface area contributed by atoms with Gasteiger partial charge < -0.3 is 4.74 Å². The van der Waals surface area contributed by atoms with Gasteiger partial charge in [-0.1, -0.05) is 30.3 Å². The zero-order valence-electron chi connectivity index (χ0n) is 17.2. The van der Waals surface area contributed by atoms with Crippen molar-refractivity contribution in [3.63, 3.8) is 0 Å². The van der Waals surface area contributed by atoms with Gasteiger partial charge in [-0.05, 0) is 24.3 Å². The first-order valence-electron chi connectivity index (χ1n) is 9.65. The molecule has 3 heterocycles. The summed E-state index contributed by atoms with van der Waals surface area (Å²) in [5.74, 6) is 1.19. The zero-order chi connectivity index (χ0) is 21.7. The third-order valence-electron chi connectivity index (χ3n) is 5.36. The Kier molecular flexibility index (Phi) is 4.18. The van der Waals surface area contributed by atoms with E-state index in [1.165, 1.54) is 11.6 Å². The molecule has 0 saturated heterocycles. The van der Waals surface area contributed by atoms with Crippen molar-refractivity contribution >= 4 is 34.7 Å². The molecule has 31 heavy (non-hydrogen) atoms. The lowest BCUT2D eigenvalue weighted by atomic mass is 10.1. The summed E-state index contributed by atoms with van der Waals surface area (Å²) in [6.45, 7) is 0. The summed E-state index contributed by atoms with van der Waals surface area (Å²) in [4.78, 5) is 30.1. The van der Waals surface area contributed by atoms with Gasteiger partial charge in [0.15, 0.2) is 11.2 Å². The molecule has 0 spiro atoms. The Morgan fingerprint density at radius 3 is 2.48 bits per heavy atom. The Hall–Kier alpha value is -4.27. The number of methoxy groups -OCH3 is 1. The Balaban J connectivity index is 1.83. The maximum absolute atomic E-state index is 13.0. The van der Waals surface area contributed by atoms with Crippen LogP contribution in [0.1, 0.15) is 5.56 Å². The molecule has 1 aliphatic heterocycles. The Morgan fingerprint density at radius 2 is 1.74 bits per heavy atom. The molecule has 0 fully saturated rings. The fourth-order valence-corrected chi connectivity index (χ4v) is 3.70. The lowest BCUT2D eigenvalue weighted by Crippen LogP contribution is -2.38. The normalized spacial score (nSPS) is 13.0. The standard InChI is InChI=1S/C22H20N6O3/c1-25-19-18(20(29)26(2)22(25)30)27-13-17(14-8-7-11-16(12-14)31-3)24-28(21(27)23-19)15-9-5-4-6-10-15/h4-13,24H,1-3H3. The van der Waals surface area contributed by atoms with Crippen molar-refractivity contribution in [1.29, 1.82) is 0 Å². The highest BCUT2D eigenvalue weighted by Crippen LogP contribution is 2.32. The predicted octanol–water partition coefficient (Wildman–Crippen LogP) is 2.05. The van der Waals surface area contributed by atoms with Gasteiger partial charge in [0.2, 0.25) is 5.95 Å². The number of fused-ring (bicyclic) bond motifs is 3. The molecule has 0 amide bonds. The van der Waals surface area contributed by atoms with Gasteiger partial charge in [0.05, 0.1) is 18.5 Å². The molecule has 1 N–H and O–H groups in total. The number of aromatic nitrogens is 4. The van der Waals surface area contributed by atoms with E-state index in [2.05, 4.69) is 10.4 Å². The number of rotatable bonds is 3. The molecular formula is C22H20N6O3. The van der Waals surface area contributed by atoms with E-state index in [1.54, 1.807) is 23.7 Å². The van der Waals surface area contributed by atoms with E-state index >= 15 is 0 Å². The fourth-order valence-electron chi connectivity index (χ4n) is 3.70. The minimum absolute atomic E-state index is 0.314. The molecule has 9 heteroatoms. The van der Waals surface area contributed by atoms with Crippen LogP contribution in [-0.2, 0) is 14.1 Å². The Morgan fingerprint density at radius 1 is 0.968 bits per heavy atom. The second kappa shape index (κ2) is 6.91. The molecule has 9 nitrogen and oxygen atoms in total. The average Bonchev–Trinajstić information content (AvgIpc) is 3.21. The van der Waals surface area contributed by atoms with Gasteiger partial charge in [0, 0.05) is 25.9 Å². The van der Waals surface area contributed by atoms with E-state index in [4.69, 9.17) is 4.74 Å². The van der Waals surface area contributed by atoms with Crippen molar-refractivity contribution in [1.82, 2.24) is 24.1 Å². The lowest BCUT2D eigenvalue weighted by Gasteiger charge is -2.30. The van der Waals surface area contributed by atoms with Crippen molar-refractivity contribution < 1.29 is 4.74 Å². The summed E-state index contributed by atoms with van der Waals surface area (Å²) in [6.07, 6.45) is 1.81. The second-order valence-electron chi connectivity index (χ2n) is 7.22. The van der Waals surface area contributed by atoms with Crippen molar-refractivity contribution in [3.05, 3.63) is 81.0 Å². The smallest absolute Gasteiger partial charge is 0.332 e. The molecule has 0 unspecified atom stereocenters. The van der Waals surface area contributed by atoms with Gasteiger partial charge in [-0.2, -0.15) is 4.98 Å². The minimum Gasteiger partial charge on any atom is -0.497 e. The van der Waals surface area contributed by atoms with Crippen LogP contribution >= 0.6 is 0 Å². The van der Waals surface area contributed by atoms with Crippen LogP contribution in [0.25, 0.3) is 23.1 Å². The number of imidazole rings is 1. The van der Waals surface area contributed by atoms with Crippen LogP contribution in [-0.4, -0.2) is 25.8 Å². The number of para-hydroxylation sites is 1. The van der Waals surface area contributed by atoms with Gasteiger partial charge >= 0.3 is 5.69 Å². The van der Waals surface area contributed by atoms with Gasteiger partial charge in [-0.25, -0.2) is 9.80 Å². The SMILES string of the molecule is COc1cccc(C2=Cn3c(nc4c3c(=O)n(C)c(=O)n4C)N(c3ccccc3)N2)c1. The van der Waals surface area contributed by atoms with Crippen LogP contribution in [0.3, 0.4) is 0 Å². The number of aryl methyl sites for hydroxylation is 1. The summed E-state index contributed by atoms with van der Waals surface area (Å²) < 4.78 is 9.55. The van der Waals surface area contributed by atoms with E-state index in [9.17, 15) is 9.59 Å². The van der Waals surface area contributed by atoms with Crippen LogP contribution in [0.2, 0.25) is 0 Å². The molecular weight excluding hydrogens is 396 g/mol. The Labute approximate surface area is 177 Å². The van der Waals surface area contributed by atoms with Crippen molar-refractivity contribution in [3.8, 4) is 5.75 Å². The highest BCUT2D eigenvalue weighted by Gasteiger charge is 2.27. The van der Waals surface area contributed by atoms with Crippen molar-refractivity contribution in [2.45, 2.75) is 0 Å². The predicted molar refractivity (Wildman–Crippen MR) is 119 cm³/mol.